The number of carbonyl (C=O) groups is 1. The Bertz CT molecular complexity index is 1180. The maximum absolute atomic E-state index is 13.0. The Labute approximate surface area is 190 Å². The molecule has 1 fully saturated rings. The Morgan fingerprint density at radius 3 is 2.55 bits per heavy atom. The van der Waals surface area contributed by atoms with Gasteiger partial charge in [-0.1, -0.05) is 59.7 Å². The Balaban J connectivity index is 1.50. The minimum Gasteiger partial charge on any atom is -0.296 e. The van der Waals surface area contributed by atoms with Crippen molar-refractivity contribution in [3.63, 3.8) is 0 Å². The van der Waals surface area contributed by atoms with Crippen molar-refractivity contribution < 1.29 is 13.2 Å². The molecule has 1 amide bonds. The number of amides is 1. The van der Waals surface area contributed by atoms with Gasteiger partial charge in [-0.3, -0.25) is 10.1 Å². The minimum absolute atomic E-state index is 0.0502. The average Bonchev–Trinajstić information content (AvgIpc) is 3.21. The smallest absolute Gasteiger partial charge is 0.257 e. The molecule has 2 heterocycles. The fraction of sp³-hybridized carbons (Fsp3) is 0.286. The van der Waals surface area contributed by atoms with E-state index in [-0.39, 0.29) is 15.5 Å². The van der Waals surface area contributed by atoms with Gasteiger partial charge < -0.3 is 0 Å². The Morgan fingerprint density at radius 2 is 1.81 bits per heavy atom. The van der Waals surface area contributed by atoms with Crippen LogP contribution in [0.4, 0.5) is 5.13 Å². The van der Waals surface area contributed by atoms with Gasteiger partial charge in [0.05, 0.1) is 5.02 Å². The van der Waals surface area contributed by atoms with Crippen LogP contribution in [-0.2, 0) is 16.4 Å². The highest BCUT2D eigenvalue weighted by Crippen LogP contribution is 2.28. The van der Waals surface area contributed by atoms with E-state index in [4.69, 9.17) is 11.6 Å². The number of halogens is 1. The molecule has 31 heavy (non-hydrogen) atoms. The van der Waals surface area contributed by atoms with Crippen LogP contribution in [0, 0.1) is 0 Å². The summed E-state index contributed by atoms with van der Waals surface area (Å²) in [6.07, 6.45) is 3.27. The summed E-state index contributed by atoms with van der Waals surface area (Å²) in [4.78, 5) is 12.7. The van der Waals surface area contributed by atoms with Gasteiger partial charge in [-0.05, 0) is 36.6 Å². The largest absolute Gasteiger partial charge is 0.296 e. The number of hydrogen-bond acceptors (Lipinski definition) is 6. The summed E-state index contributed by atoms with van der Waals surface area (Å²) < 4.78 is 27.4. The summed E-state index contributed by atoms with van der Waals surface area (Å²) in [6.45, 7) is 0.925. The van der Waals surface area contributed by atoms with Gasteiger partial charge >= 0.3 is 0 Å². The van der Waals surface area contributed by atoms with Gasteiger partial charge in [-0.25, -0.2) is 8.42 Å². The zero-order chi connectivity index (χ0) is 21.8. The van der Waals surface area contributed by atoms with E-state index in [9.17, 15) is 13.2 Å². The van der Waals surface area contributed by atoms with E-state index in [2.05, 4.69) is 15.5 Å². The van der Waals surface area contributed by atoms with Crippen LogP contribution >= 0.6 is 22.9 Å². The number of anilines is 1. The van der Waals surface area contributed by atoms with Crippen molar-refractivity contribution in [2.75, 3.05) is 18.4 Å². The van der Waals surface area contributed by atoms with E-state index in [0.717, 1.165) is 29.8 Å². The van der Waals surface area contributed by atoms with Gasteiger partial charge in [-0.2, -0.15) is 4.31 Å². The third-order valence-electron chi connectivity index (χ3n) is 5.01. The number of hydrogen-bond donors (Lipinski definition) is 1. The van der Waals surface area contributed by atoms with E-state index >= 15 is 0 Å². The van der Waals surface area contributed by atoms with Crippen molar-refractivity contribution in [2.24, 2.45) is 0 Å². The maximum atomic E-state index is 13.0. The number of benzene rings is 2. The number of aromatic nitrogens is 2. The predicted molar refractivity (Wildman–Crippen MR) is 121 cm³/mol. The van der Waals surface area contributed by atoms with Crippen molar-refractivity contribution >= 4 is 44.0 Å². The van der Waals surface area contributed by atoms with Crippen LogP contribution in [0.25, 0.3) is 0 Å². The summed E-state index contributed by atoms with van der Waals surface area (Å²) in [5.41, 5.74) is 1.29. The molecular weight excluding hydrogens is 456 g/mol. The first-order valence-corrected chi connectivity index (χ1v) is 12.5. The number of nitrogens with zero attached hydrogens (tertiary/aromatic N) is 3. The van der Waals surface area contributed by atoms with Crippen LogP contribution in [0.15, 0.2) is 53.4 Å². The fourth-order valence-electron chi connectivity index (χ4n) is 3.40. The van der Waals surface area contributed by atoms with E-state index in [1.165, 1.54) is 33.8 Å². The highest BCUT2D eigenvalue weighted by atomic mass is 35.5. The van der Waals surface area contributed by atoms with Crippen LogP contribution in [0.3, 0.4) is 0 Å². The lowest BCUT2D eigenvalue weighted by Gasteiger charge is -2.26. The van der Waals surface area contributed by atoms with Crippen molar-refractivity contribution in [1.29, 1.82) is 0 Å². The van der Waals surface area contributed by atoms with Gasteiger partial charge in [0.15, 0.2) is 0 Å². The molecule has 162 valence electrons. The molecule has 1 N–H and O–H groups in total. The number of carbonyl (C=O) groups excluding carboxylic acids is 1. The normalized spacial score (nSPS) is 15.0. The lowest BCUT2D eigenvalue weighted by molar-refractivity contribution is 0.102. The van der Waals surface area contributed by atoms with Gasteiger partial charge in [0.1, 0.15) is 9.90 Å². The molecule has 0 saturated carbocycles. The fourth-order valence-corrected chi connectivity index (χ4v) is 6.19. The molecule has 0 bridgehead atoms. The molecule has 0 spiro atoms. The topological polar surface area (TPSA) is 92.3 Å². The predicted octanol–water partition coefficient (Wildman–Crippen LogP) is 4.21. The molecular formula is C21H21ClN4O3S2. The third-order valence-corrected chi connectivity index (χ3v) is 8.23. The van der Waals surface area contributed by atoms with Gasteiger partial charge in [0, 0.05) is 25.1 Å². The lowest BCUT2D eigenvalue weighted by Crippen LogP contribution is -2.35. The second kappa shape index (κ2) is 9.44. The number of nitrogens with one attached hydrogen (secondary N) is 1. The van der Waals surface area contributed by atoms with E-state index in [1.807, 2.05) is 30.3 Å². The number of piperidine rings is 1. The first-order chi connectivity index (χ1) is 14.9. The molecule has 10 heteroatoms. The zero-order valence-corrected chi connectivity index (χ0v) is 19.0. The van der Waals surface area contributed by atoms with Gasteiger partial charge in [0.25, 0.3) is 5.91 Å². The van der Waals surface area contributed by atoms with Crippen LogP contribution in [0.1, 0.15) is 40.2 Å². The molecule has 0 unspecified atom stereocenters. The highest BCUT2D eigenvalue weighted by molar-refractivity contribution is 7.89. The molecule has 1 saturated heterocycles. The van der Waals surface area contributed by atoms with E-state index in [1.54, 1.807) is 0 Å². The molecule has 1 aromatic heterocycles. The lowest BCUT2D eigenvalue weighted by atomic mass is 10.2. The molecule has 0 atom stereocenters. The Morgan fingerprint density at radius 1 is 1.06 bits per heavy atom. The molecule has 7 nitrogen and oxygen atoms in total. The first-order valence-electron chi connectivity index (χ1n) is 9.91. The molecule has 0 radical (unpaired) electrons. The zero-order valence-electron chi connectivity index (χ0n) is 16.6. The Hall–Kier alpha value is -2.33. The minimum atomic E-state index is -3.76. The molecule has 3 aromatic rings. The SMILES string of the molecule is O=C(Nc1nnc(Cc2ccccc2)s1)c1ccc(Cl)c(S(=O)(=O)N2CCCCC2)c1. The van der Waals surface area contributed by atoms with E-state index < -0.39 is 15.9 Å². The molecule has 1 aliphatic rings. The summed E-state index contributed by atoms with van der Waals surface area (Å²) in [6, 6.07) is 14.1. The van der Waals surface area contributed by atoms with Crippen LogP contribution in [0.2, 0.25) is 5.02 Å². The summed E-state index contributed by atoms with van der Waals surface area (Å²) in [5.74, 6) is -0.464. The van der Waals surface area contributed by atoms with Crippen molar-refractivity contribution in [1.82, 2.24) is 14.5 Å². The van der Waals surface area contributed by atoms with Gasteiger partial charge in [0.2, 0.25) is 15.2 Å². The molecule has 0 aliphatic carbocycles. The number of sulfonamides is 1. The van der Waals surface area contributed by atoms with Crippen molar-refractivity contribution in [3.05, 3.63) is 69.7 Å². The highest BCUT2D eigenvalue weighted by Gasteiger charge is 2.29. The average molecular weight is 477 g/mol. The second-order valence-electron chi connectivity index (χ2n) is 7.23. The monoisotopic (exact) mass is 476 g/mol. The maximum Gasteiger partial charge on any atom is 0.257 e. The molecule has 1 aliphatic heterocycles. The molecule has 4 rings (SSSR count). The van der Waals surface area contributed by atoms with E-state index in [0.29, 0.717) is 24.6 Å². The van der Waals surface area contributed by atoms with Crippen LogP contribution in [0.5, 0.6) is 0 Å². The quantitative estimate of drug-likeness (QED) is 0.575. The Kier molecular flexibility index (Phi) is 6.66. The summed E-state index contributed by atoms with van der Waals surface area (Å²) >= 11 is 7.47. The van der Waals surface area contributed by atoms with Gasteiger partial charge in [-0.15, -0.1) is 10.2 Å². The first kappa shape index (κ1) is 21.9. The summed E-state index contributed by atoms with van der Waals surface area (Å²) in [5, 5.41) is 12.1. The van der Waals surface area contributed by atoms with Crippen LogP contribution in [-0.4, -0.2) is 41.9 Å². The summed E-state index contributed by atoms with van der Waals surface area (Å²) in [7, 11) is -3.76. The number of rotatable bonds is 6. The molecule has 2 aromatic carbocycles. The third kappa shape index (κ3) is 5.12. The standard InChI is InChI=1S/C21H21ClN4O3S2/c22-17-10-9-16(14-18(17)31(28,29)26-11-5-2-6-12-26)20(27)23-21-25-24-19(30-21)13-15-7-3-1-4-8-15/h1,3-4,7-10,14H,2,5-6,11-13H2,(H,23,25,27). The van der Waals surface area contributed by atoms with Crippen LogP contribution < -0.4 is 5.32 Å². The van der Waals surface area contributed by atoms with Crippen molar-refractivity contribution in [2.45, 2.75) is 30.6 Å². The van der Waals surface area contributed by atoms with Crippen molar-refractivity contribution in [3.8, 4) is 0 Å². The second-order valence-corrected chi connectivity index (χ2v) is 10.6.